The van der Waals surface area contributed by atoms with Gasteiger partial charge in [0.25, 0.3) is 0 Å². The van der Waals surface area contributed by atoms with Gasteiger partial charge in [-0.05, 0) is 32.1 Å². The zero-order chi connectivity index (χ0) is 14.7. The lowest BCUT2D eigenvalue weighted by atomic mass is 9.99. The molecule has 0 amide bonds. The number of piperidine rings is 1. The molecule has 7 nitrogen and oxygen atoms in total. The first-order valence-corrected chi connectivity index (χ1v) is 7.16. The maximum absolute atomic E-state index is 11.3. The summed E-state index contributed by atoms with van der Waals surface area (Å²) < 4.78 is 1.74. The Morgan fingerprint density at radius 1 is 1.55 bits per heavy atom. The first-order chi connectivity index (χ1) is 9.58. The number of rotatable bonds is 5. The second-order valence-electron chi connectivity index (χ2n) is 5.37. The molecule has 1 aliphatic heterocycles. The molecule has 1 N–H and O–H groups in total. The molecule has 20 heavy (non-hydrogen) atoms. The van der Waals surface area contributed by atoms with Crippen LogP contribution in [-0.2, 0) is 6.54 Å². The highest BCUT2D eigenvalue weighted by molar-refractivity contribution is 5.61. The minimum atomic E-state index is -0.341. The van der Waals surface area contributed by atoms with Gasteiger partial charge in [-0.15, -0.1) is 0 Å². The minimum Gasteiger partial charge on any atom is -0.396 e. The van der Waals surface area contributed by atoms with Crippen molar-refractivity contribution in [3.05, 3.63) is 15.8 Å². The first-order valence-electron chi connectivity index (χ1n) is 7.16. The van der Waals surface area contributed by atoms with E-state index in [4.69, 9.17) is 0 Å². The van der Waals surface area contributed by atoms with Crippen LogP contribution in [0.15, 0.2) is 0 Å². The molecule has 1 saturated heterocycles. The highest BCUT2D eigenvalue weighted by Crippen LogP contribution is 2.34. The first kappa shape index (κ1) is 14.8. The number of nitrogens with zero attached hydrogens (tertiary/aromatic N) is 4. The number of aromatic nitrogens is 2. The maximum Gasteiger partial charge on any atom is 0.333 e. The predicted molar refractivity (Wildman–Crippen MR) is 75.9 cm³/mol. The normalized spacial score (nSPS) is 19.4. The maximum atomic E-state index is 11.3. The van der Waals surface area contributed by atoms with E-state index in [1.54, 1.807) is 11.6 Å². The summed E-state index contributed by atoms with van der Waals surface area (Å²) in [5, 5.41) is 25.0. The van der Waals surface area contributed by atoms with Gasteiger partial charge in [0, 0.05) is 26.2 Å². The smallest absolute Gasteiger partial charge is 0.333 e. The molecule has 0 radical (unpaired) electrons. The Morgan fingerprint density at radius 3 is 2.90 bits per heavy atom. The summed E-state index contributed by atoms with van der Waals surface area (Å²) in [4.78, 5) is 13.0. The number of hydrogen-bond donors (Lipinski definition) is 1. The fraction of sp³-hybridized carbons (Fsp3) is 0.769. The molecule has 0 aromatic carbocycles. The van der Waals surface area contributed by atoms with Crippen molar-refractivity contribution >= 4 is 11.5 Å². The van der Waals surface area contributed by atoms with Gasteiger partial charge in [0.2, 0.25) is 5.82 Å². The molecule has 1 atom stereocenters. The molecular weight excluding hydrogens is 260 g/mol. The molecule has 1 fully saturated rings. The largest absolute Gasteiger partial charge is 0.396 e. The van der Waals surface area contributed by atoms with Crippen molar-refractivity contribution in [1.29, 1.82) is 0 Å². The van der Waals surface area contributed by atoms with Crippen LogP contribution in [0.25, 0.3) is 0 Å². The van der Waals surface area contributed by atoms with Gasteiger partial charge < -0.3 is 10.0 Å². The van der Waals surface area contributed by atoms with E-state index in [0.717, 1.165) is 25.8 Å². The van der Waals surface area contributed by atoms with Crippen molar-refractivity contribution in [2.75, 3.05) is 24.6 Å². The van der Waals surface area contributed by atoms with Crippen LogP contribution >= 0.6 is 0 Å². The SMILES string of the molecule is CCCn1nc(C)c([N+](=O)[O-])c1N1CCCC(CO)C1. The second-order valence-corrected chi connectivity index (χ2v) is 5.37. The average Bonchev–Trinajstić information content (AvgIpc) is 2.76. The standard InChI is InChI=1S/C13H22N4O3/c1-3-6-16-13(12(17(19)20)10(2)14-16)15-7-4-5-11(8-15)9-18/h11,18H,3-9H2,1-2H3. The number of hydrogen-bond acceptors (Lipinski definition) is 5. The average molecular weight is 282 g/mol. The Kier molecular flexibility index (Phi) is 4.59. The molecule has 0 bridgehead atoms. The Bertz CT molecular complexity index is 486. The second kappa shape index (κ2) is 6.21. The van der Waals surface area contributed by atoms with E-state index in [2.05, 4.69) is 5.10 Å². The fourth-order valence-corrected chi connectivity index (χ4v) is 2.86. The van der Waals surface area contributed by atoms with E-state index < -0.39 is 0 Å². The Labute approximate surface area is 118 Å². The van der Waals surface area contributed by atoms with Crippen molar-refractivity contribution < 1.29 is 10.0 Å². The molecule has 2 rings (SSSR count). The summed E-state index contributed by atoms with van der Waals surface area (Å²) in [5.41, 5.74) is 0.571. The number of aliphatic hydroxyl groups is 1. The minimum absolute atomic E-state index is 0.108. The highest BCUT2D eigenvalue weighted by Gasteiger charge is 2.32. The predicted octanol–water partition coefficient (Wildman–Crippen LogP) is 1.72. The van der Waals surface area contributed by atoms with Crippen LogP contribution in [-0.4, -0.2) is 39.5 Å². The Hall–Kier alpha value is -1.63. The van der Waals surface area contributed by atoms with Crippen molar-refractivity contribution in [3.8, 4) is 0 Å². The number of aryl methyl sites for hydroxylation is 2. The van der Waals surface area contributed by atoms with E-state index in [-0.39, 0.29) is 23.1 Å². The third-order valence-corrected chi connectivity index (χ3v) is 3.76. The van der Waals surface area contributed by atoms with Gasteiger partial charge in [0.1, 0.15) is 5.69 Å². The summed E-state index contributed by atoms with van der Waals surface area (Å²) in [5.74, 6) is 0.793. The Balaban J connectivity index is 2.39. The van der Waals surface area contributed by atoms with Crippen molar-refractivity contribution in [2.24, 2.45) is 5.92 Å². The van der Waals surface area contributed by atoms with Crippen LogP contribution in [0.2, 0.25) is 0 Å². The highest BCUT2D eigenvalue weighted by atomic mass is 16.6. The third-order valence-electron chi connectivity index (χ3n) is 3.76. The molecule has 0 aliphatic carbocycles. The fourth-order valence-electron chi connectivity index (χ4n) is 2.86. The molecule has 112 valence electrons. The zero-order valence-corrected chi connectivity index (χ0v) is 12.1. The van der Waals surface area contributed by atoms with Crippen LogP contribution in [0, 0.1) is 23.0 Å². The molecular formula is C13H22N4O3. The lowest BCUT2D eigenvalue weighted by Gasteiger charge is -2.32. The molecule has 1 unspecified atom stereocenters. The Morgan fingerprint density at radius 2 is 2.30 bits per heavy atom. The summed E-state index contributed by atoms with van der Waals surface area (Å²) >= 11 is 0. The van der Waals surface area contributed by atoms with Crippen molar-refractivity contribution in [3.63, 3.8) is 0 Å². The van der Waals surface area contributed by atoms with Crippen molar-refractivity contribution in [2.45, 2.75) is 39.7 Å². The van der Waals surface area contributed by atoms with Gasteiger partial charge >= 0.3 is 5.69 Å². The number of aliphatic hydroxyl groups excluding tert-OH is 1. The van der Waals surface area contributed by atoms with Crippen LogP contribution < -0.4 is 4.90 Å². The number of nitro groups is 1. The van der Waals surface area contributed by atoms with E-state index >= 15 is 0 Å². The van der Waals surface area contributed by atoms with E-state index in [9.17, 15) is 15.2 Å². The van der Waals surface area contributed by atoms with Crippen molar-refractivity contribution in [1.82, 2.24) is 9.78 Å². The summed E-state index contributed by atoms with van der Waals surface area (Å²) in [7, 11) is 0. The van der Waals surface area contributed by atoms with Gasteiger partial charge in [0.05, 0.1) is 4.92 Å². The molecule has 0 saturated carbocycles. The van der Waals surface area contributed by atoms with Crippen LogP contribution in [0.4, 0.5) is 11.5 Å². The molecule has 1 aromatic heterocycles. The van der Waals surface area contributed by atoms with Gasteiger partial charge in [-0.2, -0.15) is 5.10 Å². The summed E-state index contributed by atoms with van der Waals surface area (Å²) in [6.07, 6.45) is 2.79. The lowest BCUT2D eigenvalue weighted by molar-refractivity contribution is -0.384. The van der Waals surface area contributed by atoms with Crippen LogP contribution in [0.1, 0.15) is 31.9 Å². The third kappa shape index (κ3) is 2.77. The molecule has 2 heterocycles. The van der Waals surface area contributed by atoms with Gasteiger partial charge in [-0.25, -0.2) is 4.68 Å². The molecule has 1 aliphatic rings. The van der Waals surface area contributed by atoms with Gasteiger partial charge in [0.15, 0.2) is 0 Å². The van der Waals surface area contributed by atoms with E-state index in [0.29, 0.717) is 24.6 Å². The monoisotopic (exact) mass is 282 g/mol. The zero-order valence-electron chi connectivity index (χ0n) is 12.1. The van der Waals surface area contributed by atoms with Gasteiger partial charge in [-0.1, -0.05) is 6.92 Å². The quantitative estimate of drug-likeness (QED) is 0.656. The molecule has 7 heteroatoms. The molecule has 0 spiro atoms. The van der Waals surface area contributed by atoms with E-state index in [1.807, 2.05) is 11.8 Å². The topological polar surface area (TPSA) is 84.4 Å². The van der Waals surface area contributed by atoms with Crippen LogP contribution in [0.3, 0.4) is 0 Å². The lowest BCUT2D eigenvalue weighted by Crippen LogP contribution is -2.38. The summed E-state index contributed by atoms with van der Waals surface area (Å²) in [6, 6.07) is 0. The molecule has 1 aromatic rings. The van der Waals surface area contributed by atoms with E-state index in [1.165, 1.54) is 0 Å². The van der Waals surface area contributed by atoms with Crippen LogP contribution in [0.5, 0.6) is 0 Å². The van der Waals surface area contributed by atoms with Gasteiger partial charge in [-0.3, -0.25) is 10.1 Å². The summed E-state index contributed by atoms with van der Waals surface area (Å²) in [6.45, 7) is 5.95. The number of anilines is 1.